The molecule has 3 nitrogen and oxygen atoms in total. The van der Waals surface area contributed by atoms with Crippen molar-refractivity contribution in [3.05, 3.63) is 84.1 Å². The summed E-state index contributed by atoms with van der Waals surface area (Å²) in [5.41, 5.74) is 2.23. The zero-order chi connectivity index (χ0) is 15.4. The summed E-state index contributed by atoms with van der Waals surface area (Å²) in [6.07, 6.45) is 4.11. The topological polar surface area (TPSA) is 29.5 Å². The molecular weight excluding hydrogens is 317 g/mol. The third kappa shape index (κ3) is 3.61. The summed E-state index contributed by atoms with van der Waals surface area (Å²) in [5.74, 6) is 0. The van der Waals surface area contributed by atoms with E-state index in [1.54, 1.807) is 4.67 Å². The fourth-order valence-corrected chi connectivity index (χ4v) is 4.36. The SMILES string of the molecule is O=[P@]1(Cl)OC=C[C@@H](Cc2ccccc2)N1Cc1ccccc1. The Labute approximate surface area is 135 Å². The molecule has 0 amide bonds. The largest absolute Gasteiger partial charge is 0.430 e. The predicted molar refractivity (Wildman–Crippen MR) is 89.6 cm³/mol. The number of halogens is 1. The summed E-state index contributed by atoms with van der Waals surface area (Å²) in [7, 11) is 0. The minimum atomic E-state index is -3.34. The maximum Gasteiger partial charge on any atom is 0.412 e. The van der Waals surface area contributed by atoms with Gasteiger partial charge in [0.05, 0.1) is 6.26 Å². The molecule has 2 atom stereocenters. The molecule has 3 rings (SSSR count). The molecule has 22 heavy (non-hydrogen) atoms. The van der Waals surface area contributed by atoms with E-state index in [9.17, 15) is 4.57 Å². The van der Waals surface area contributed by atoms with Crippen LogP contribution in [0, 0.1) is 0 Å². The van der Waals surface area contributed by atoms with E-state index in [-0.39, 0.29) is 6.04 Å². The highest BCUT2D eigenvalue weighted by atomic mass is 35.7. The summed E-state index contributed by atoms with van der Waals surface area (Å²) in [6.45, 7) is -2.85. The Bertz CT molecular complexity index is 690. The van der Waals surface area contributed by atoms with Gasteiger partial charge in [-0.05, 0) is 23.6 Å². The maximum atomic E-state index is 12.6. The Hall–Kier alpha value is -1.54. The molecule has 0 aliphatic carbocycles. The van der Waals surface area contributed by atoms with Crippen molar-refractivity contribution in [1.29, 1.82) is 0 Å². The molecule has 5 heteroatoms. The molecule has 0 spiro atoms. The number of benzene rings is 2. The van der Waals surface area contributed by atoms with E-state index in [0.29, 0.717) is 6.54 Å². The molecule has 0 bridgehead atoms. The molecule has 2 aromatic carbocycles. The molecule has 0 fully saturated rings. The second-order valence-corrected chi connectivity index (χ2v) is 8.13. The fourth-order valence-electron chi connectivity index (χ4n) is 2.54. The average Bonchev–Trinajstić information content (AvgIpc) is 2.53. The lowest BCUT2D eigenvalue weighted by molar-refractivity contribution is 0.281. The lowest BCUT2D eigenvalue weighted by Gasteiger charge is -2.34. The molecule has 0 saturated carbocycles. The number of nitrogens with zero attached hydrogens (tertiary/aromatic N) is 1. The quantitative estimate of drug-likeness (QED) is 0.738. The molecule has 1 heterocycles. The van der Waals surface area contributed by atoms with Crippen LogP contribution in [0.15, 0.2) is 73.0 Å². The molecule has 0 N–H and O–H groups in total. The first-order valence-electron chi connectivity index (χ1n) is 7.15. The summed E-state index contributed by atoms with van der Waals surface area (Å²) in [6, 6.07) is 19.9. The predicted octanol–water partition coefficient (Wildman–Crippen LogP) is 4.99. The van der Waals surface area contributed by atoms with Gasteiger partial charge in [-0.1, -0.05) is 60.7 Å². The monoisotopic (exact) mass is 333 g/mol. The van der Waals surface area contributed by atoms with Gasteiger partial charge in [0.25, 0.3) is 0 Å². The van der Waals surface area contributed by atoms with Crippen molar-refractivity contribution in [3.8, 4) is 0 Å². The van der Waals surface area contributed by atoms with Crippen LogP contribution in [0.1, 0.15) is 11.1 Å². The van der Waals surface area contributed by atoms with Gasteiger partial charge in [0.15, 0.2) is 0 Å². The lowest BCUT2D eigenvalue weighted by atomic mass is 10.1. The Morgan fingerprint density at radius 3 is 2.23 bits per heavy atom. The zero-order valence-corrected chi connectivity index (χ0v) is 13.7. The third-order valence-electron chi connectivity index (χ3n) is 3.66. The van der Waals surface area contributed by atoms with E-state index in [1.807, 2.05) is 54.6 Å². The van der Waals surface area contributed by atoms with E-state index >= 15 is 0 Å². The van der Waals surface area contributed by atoms with Crippen LogP contribution in [-0.2, 0) is 22.1 Å². The van der Waals surface area contributed by atoms with Crippen LogP contribution in [0.2, 0.25) is 0 Å². The van der Waals surface area contributed by atoms with E-state index in [4.69, 9.17) is 15.8 Å². The van der Waals surface area contributed by atoms with Crippen molar-refractivity contribution in [3.63, 3.8) is 0 Å². The molecule has 0 saturated heterocycles. The fraction of sp³-hybridized carbons (Fsp3) is 0.176. The molecule has 0 unspecified atom stereocenters. The second-order valence-electron chi connectivity index (χ2n) is 5.23. The summed E-state index contributed by atoms with van der Waals surface area (Å²) in [4.78, 5) is 0. The Kier molecular flexibility index (Phi) is 4.68. The standard InChI is InChI=1S/C17H17ClNO2P/c18-22(20)19(14-16-9-5-2-6-10-16)17(11-12-21-22)13-15-7-3-1-4-8-15/h1-12,17H,13-14H2/t17-,22+/m0/s1. The molecule has 1 aliphatic heterocycles. The highest BCUT2D eigenvalue weighted by Gasteiger charge is 2.37. The van der Waals surface area contributed by atoms with Crippen molar-refractivity contribution >= 4 is 18.1 Å². The molecule has 1 aliphatic rings. The highest BCUT2D eigenvalue weighted by molar-refractivity contribution is 7.83. The van der Waals surface area contributed by atoms with Crippen LogP contribution in [0.25, 0.3) is 0 Å². The first-order chi connectivity index (χ1) is 10.6. The number of hydrogen-bond donors (Lipinski definition) is 0. The van der Waals surface area contributed by atoms with Crippen molar-refractivity contribution < 1.29 is 9.09 Å². The van der Waals surface area contributed by atoms with Crippen molar-refractivity contribution in [2.75, 3.05) is 0 Å². The van der Waals surface area contributed by atoms with Gasteiger partial charge in [-0.25, -0.2) is 4.57 Å². The van der Waals surface area contributed by atoms with Gasteiger partial charge in [0.2, 0.25) is 0 Å². The van der Waals surface area contributed by atoms with Crippen LogP contribution in [-0.4, -0.2) is 10.7 Å². The van der Waals surface area contributed by atoms with E-state index in [1.165, 1.54) is 11.8 Å². The van der Waals surface area contributed by atoms with Gasteiger partial charge in [-0.2, -0.15) is 4.67 Å². The normalized spacial score (nSPS) is 24.9. The Balaban J connectivity index is 1.84. The van der Waals surface area contributed by atoms with Crippen LogP contribution >= 0.6 is 18.1 Å². The van der Waals surface area contributed by atoms with Crippen LogP contribution in [0.5, 0.6) is 0 Å². The first kappa shape index (κ1) is 15.4. The van der Waals surface area contributed by atoms with Gasteiger partial charge in [0, 0.05) is 23.8 Å². The maximum absolute atomic E-state index is 12.6. The van der Waals surface area contributed by atoms with Crippen LogP contribution in [0.3, 0.4) is 0 Å². The summed E-state index contributed by atoms with van der Waals surface area (Å²) >= 11 is 6.16. The molecule has 0 aromatic heterocycles. The Morgan fingerprint density at radius 2 is 1.59 bits per heavy atom. The summed E-state index contributed by atoms with van der Waals surface area (Å²) < 4.78 is 19.5. The molecule has 0 radical (unpaired) electrons. The van der Waals surface area contributed by atoms with Crippen molar-refractivity contribution in [2.24, 2.45) is 0 Å². The minimum Gasteiger partial charge on any atom is -0.430 e. The second kappa shape index (κ2) is 6.70. The number of hydrogen-bond acceptors (Lipinski definition) is 2. The van der Waals surface area contributed by atoms with E-state index in [2.05, 4.69) is 12.1 Å². The smallest absolute Gasteiger partial charge is 0.412 e. The van der Waals surface area contributed by atoms with Gasteiger partial charge in [-0.3, -0.25) is 0 Å². The molecular formula is C17H17ClNO2P. The Morgan fingerprint density at radius 1 is 1.00 bits per heavy atom. The average molecular weight is 334 g/mol. The number of rotatable bonds is 4. The van der Waals surface area contributed by atoms with Crippen LogP contribution < -0.4 is 0 Å². The van der Waals surface area contributed by atoms with Crippen LogP contribution in [0.4, 0.5) is 0 Å². The van der Waals surface area contributed by atoms with Gasteiger partial charge < -0.3 is 4.52 Å². The van der Waals surface area contributed by atoms with Gasteiger partial charge >= 0.3 is 6.87 Å². The van der Waals surface area contributed by atoms with E-state index < -0.39 is 6.87 Å². The first-order valence-corrected chi connectivity index (χ1v) is 9.63. The molecule has 2 aromatic rings. The van der Waals surface area contributed by atoms with Crippen molar-refractivity contribution in [2.45, 2.75) is 19.0 Å². The zero-order valence-electron chi connectivity index (χ0n) is 12.0. The highest BCUT2D eigenvalue weighted by Crippen LogP contribution is 2.60. The summed E-state index contributed by atoms with van der Waals surface area (Å²) in [5, 5.41) is 0. The van der Waals surface area contributed by atoms with E-state index in [0.717, 1.165) is 12.0 Å². The molecule has 114 valence electrons. The third-order valence-corrected chi connectivity index (χ3v) is 5.91. The lowest BCUT2D eigenvalue weighted by Crippen LogP contribution is -2.33. The van der Waals surface area contributed by atoms with Gasteiger partial charge in [-0.15, -0.1) is 0 Å². The minimum absolute atomic E-state index is 0.0558. The van der Waals surface area contributed by atoms with Crippen molar-refractivity contribution in [1.82, 2.24) is 4.67 Å². The van der Waals surface area contributed by atoms with Gasteiger partial charge in [0.1, 0.15) is 0 Å².